The van der Waals surface area contributed by atoms with E-state index in [0.29, 0.717) is 5.65 Å². The summed E-state index contributed by atoms with van der Waals surface area (Å²) in [5.74, 6) is -1.30. The number of hydrogen-bond donors (Lipinski definition) is 7. The third-order valence-corrected chi connectivity index (χ3v) is 16.0. The Bertz CT molecular complexity index is 2970. The number of thiol groups is 2. The number of aliphatic hydroxyl groups is 1. The van der Waals surface area contributed by atoms with Gasteiger partial charge in [-0.2, -0.15) is 0 Å². The normalized spacial score (nSPS) is 29.8. The molecule has 3 saturated heterocycles. The number of fused-ring (bicyclic) bond motifs is 2. The first-order chi connectivity index (χ1) is 33.1. The van der Waals surface area contributed by atoms with Gasteiger partial charge >= 0.3 is 27.1 Å². The van der Waals surface area contributed by atoms with Crippen LogP contribution in [0.2, 0.25) is 0 Å². The highest BCUT2D eigenvalue weighted by Crippen LogP contribution is 2.59. The van der Waals surface area contributed by atoms with Gasteiger partial charge in [0.1, 0.15) is 66.7 Å². The number of anilines is 2. The number of aromatic nitrogens is 10. The van der Waals surface area contributed by atoms with E-state index in [4.69, 9.17) is 57.6 Å². The molecule has 3 aliphatic heterocycles. The predicted molar refractivity (Wildman–Crippen MR) is 249 cm³/mol. The van der Waals surface area contributed by atoms with Gasteiger partial charge in [0.25, 0.3) is 5.56 Å². The molecular formula is C36H51N12O17P3S2. The van der Waals surface area contributed by atoms with Crippen molar-refractivity contribution < 1.29 is 69.8 Å². The fraction of sp³-hybridized carbons (Fsp3) is 0.611. The number of imidazole rings is 2. The van der Waals surface area contributed by atoms with Gasteiger partial charge in [0.15, 0.2) is 29.2 Å². The number of hydrogen-bond acceptors (Lipinski definition) is 24. The van der Waals surface area contributed by atoms with Crippen molar-refractivity contribution in [2.75, 3.05) is 45.0 Å². The second-order valence-electron chi connectivity index (χ2n) is 16.7. The number of H-pyrrole nitrogens is 1. The lowest BCUT2D eigenvalue weighted by molar-refractivity contribution is -0.0582. The lowest BCUT2D eigenvalue weighted by atomic mass is 10.0. The predicted octanol–water partition coefficient (Wildman–Crippen LogP) is 2.45. The van der Waals surface area contributed by atoms with Crippen molar-refractivity contribution in [2.24, 2.45) is 11.8 Å². The van der Waals surface area contributed by atoms with Crippen LogP contribution >= 0.6 is 45.9 Å². The zero-order valence-corrected chi connectivity index (χ0v) is 42.3. The zero-order valence-electron chi connectivity index (χ0n) is 37.8. The van der Waals surface area contributed by atoms with Gasteiger partial charge in [0.05, 0.1) is 51.3 Å². The zero-order chi connectivity index (χ0) is 50.4. The minimum atomic E-state index is -5.13. The van der Waals surface area contributed by atoms with Crippen molar-refractivity contribution in [3.05, 3.63) is 57.9 Å². The van der Waals surface area contributed by atoms with E-state index in [2.05, 4.69) is 59.4 Å². The number of phosphoric ester groups is 1. The lowest BCUT2D eigenvalue weighted by Crippen LogP contribution is -2.37. The highest BCUT2D eigenvalue weighted by molar-refractivity contribution is 8.44. The van der Waals surface area contributed by atoms with Gasteiger partial charge < -0.3 is 40.4 Å². The van der Waals surface area contributed by atoms with E-state index in [-0.39, 0.29) is 40.3 Å². The Morgan fingerprint density at radius 3 is 1.99 bits per heavy atom. The molecule has 0 radical (unpaired) electrons. The van der Waals surface area contributed by atoms with E-state index >= 15 is 0 Å². The number of phosphoric acid groups is 1. The van der Waals surface area contributed by atoms with Gasteiger partial charge in [-0.25, -0.2) is 48.4 Å². The molecule has 0 bridgehead atoms. The summed E-state index contributed by atoms with van der Waals surface area (Å²) in [6.07, 6.45) is -4.55. The Kier molecular flexibility index (Phi) is 15.8. The Morgan fingerprint density at radius 1 is 0.800 bits per heavy atom. The number of ether oxygens (including phenoxy) is 4. The molecule has 0 aliphatic carbocycles. The van der Waals surface area contributed by atoms with Gasteiger partial charge in [-0.05, 0) is 20.8 Å². The molecule has 0 spiro atoms. The monoisotopic (exact) mass is 1080 g/mol. The number of nitrogens with two attached hydrogens (primary N) is 2. The fourth-order valence-corrected chi connectivity index (χ4v) is 12.6. The van der Waals surface area contributed by atoms with E-state index in [1.807, 2.05) is 0 Å². The summed E-state index contributed by atoms with van der Waals surface area (Å²) in [5, 5.41) is 10.1. The van der Waals surface area contributed by atoms with Crippen LogP contribution in [0.15, 0.2) is 41.1 Å². The average molecular weight is 1080 g/mol. The molecule has 0 aromatic carbocycles. The summed E-state index contributed by atoms with van der Waals surface area (Å²) < 4.78 is 104. The maximum atomic E-state index is 14.4. The molecule has 7 N–H and O–H groups in total. The second kappa shape index (κ2) is 21.0. The van der Waals surface area contributed by atoms with Gasteiger partial charge in [0.2, 0.25) is 0 Å². The van der Waals surface area contributed by atoms with Crippen molar-refractivity contribution in [1.29, 1.82) is 0 Å². The van der Waals surface area contributed by atoms with E-state index < -0.39 is 132 Å². The highest BCUT2D eigenvalue weighted by atomic mass is 32.7. The quantitative estimate of drug-likeness (QED) is 0.0435. The summed E-state index contributed by atoms with van der Waals surface area (Å²) in [7, 11) is -3.86. The number of nitrogens with zero attached hydrogens (tertiary/aromatic N) is 9. The first kappa shape index (κ1) is 52.6. The molecule has 70 heavy (non-hydrogen) atoms. The largest absolute Gasteiger partial charge is 0.472 e. The molecule has 0 saturated carbocycles. The van der Waals surface area contributed by atoms with Crippen LogP contribution in [0.1, 0.15) is 51.4 Å². The molecule has 8 heterocycles. The van der Waals surface area contributed by atoms with E-state index in [1.165, 1.54) is 50.1 Å². The topological polar surface area (TPSA) is 378 Å². The van der Waals surface area contributed by atoms with Crippen molar-refractivity contribution in [2.45, 2.75) is 95.5 Å². The SMILES string of the molecule is CO[C@@H]1[C@H](OP(=O)(O)OC[C@H]2C[C@H](n3cc(C)c(=O)[nH]c3=O)O[C@@H]2CO)[C@@H](COP(=O)(S)O[C@H]2[C@@H](C)[C@H](n3cnc4c(N)ncnc43)O[C@@H]2COP(=O)(S)OC(C)C)O[C@H]1n1cnc2c(N)ncnc21. The molecular weight excluding hydrogens is 1030 g/mol. The first-order valence-electron chi connectivity index (χ1n) is 21.3. The number of aromatic amines is 1. The first-order valence-corrected chi connectivity index (χ1v) is 28.2. The smallest absolute Gasteiger partial charge is 0.394 e. The Balaban J connectivity index is 1.02. The third-order valence-electron chi connectivity index (χ3n) is 11.6. The molecule has 29 nitrogen and oxygen atoms in total. The van der Waals surface area contributed by atoms with Crippen LogP contribution in [-0.2, 0) is 59.8 Å². The van der Waals surface area contributed by atoms with Crippen molar-refractivity contribution >= 4 is 79.9 Å². The van der Waals surface area contributed by atoms with Gasteiger partial charge in [0, 0.05) is 37.1 Å². The molecule has 8 rings (SSSR count). The molecule has 384 valence electrons. The minimum absolute atomic E-state index is 0.0261. The fourth-order valence-electron chi connectivity index (χ4n) is 8.37. The van der Waals surface area contributed by atoms with Gasteiger partial charge in [-0.3, -0.25) is 50.6 Å². The number of nitrogens with one attached hydrogen (secondary N) is 1. The van der Waals surface area contributed by atoms with E-state index in [1.54, 1.807) is 25.3 Å². The molecule has 3 aliphatic rings. The van der Waals surface area contributed by atoms with Crippen LogP contribution in [-0.4, -0.2) is 135 Å². The van der Waals surface area contributed by atoms with Crippen molar-refractivity contribution in [1.82, 2.24) is 48.6 Å². The number of methoxy groups -OCH3 is 1. The number of aryl methyl sites for hydroxylation is 1. The summed E-state index contributed by atoms with van der Waals surface area (Å²) in [4.78, 5) is 63.2. The van der Waals surface area contributed by atoms with Crippen LogP contribution in [0.4, 0.5) is 11.6 Å². The Hall–Kier alpha value is -3.71. The minimum Gasteiger partial charge on any atom is -0.394 e. The molecule has 0 amide bonds. The summed E-state index contributed by atoms with van der Waals surface area (Å²) in [6, 6.07) is 0. The number of aliphatic hydroxyl groups excluding tert-OH is 1. The highest BCUT2D eigenvalue weighted by Gasteiger charge is 2.53. The number of nitrogen functional groups attached to an aromatic ring is 2. The van der Waals surface area contributed by atoms with Gasteiger partial charge in [-0.15, -0.1) is 0 Å². The lowest BCUT2D eigenvalue weighted by Gasteiger charge is -2.27. The number of rotatable bonds is 20. The maximum absolute atomic E-state index is 14.4. The van der Waals surface area contributed by atoms with Crippen LogP contribution in [0.25, 0.3) is 22.3 Å². The summed E-state index contributed by atoms with van der Waals surface area (Å²) in [5.41, 5.74) is 12.0. The summed E-state index contributed by atoms with van der Waals surface area (Å²) >= 11 is 8.38. The van der Waals surface area contributed by atoms with Crippen LogP contribution in [0.3, 0.4) is 0 Å². The molecule has 3 fully saturated rings. The van der Waals surface area contributed by atoms with Crippen LogP contribution in [0, 0.1) is 18.8 Å². The molecule has 5 aromatic rings. The molecule has 3 unspecified atom stereocenters. The van der Waals surface area contributed by atoms with Crippen molar-refractivity contribution in [3.8, 4) is 0 Å². The van der Waals surface area contributed by atoms with Gasteiger partial charge in [-0.1, -0.05) is 31.4 Å². The summed E-state index contributed by atoms with van der Waals surface area (Å²) in [6.45, 7) is -4.18. The third kappa shape index (κ3) is 11.3. The second-order valence-corrected chi connectivity index (χ2v) is 23.9. The average Bonchev–Trinajstić information content (AvgIpc) is 4.13. The standard InChI is InChI=1S/C36H51N12O17P3S2/c1-16(2)63-67(54,69)58-10-21-26(18(4)34(61-21)47-14-43-24-29(37)39-12-41-31(24)47)65-68(55,70)59-11-22-27(28(56-5)35(62-22)48-15-44-25-30(38)40-13-42-32(25)48)64-66(52,53)57-9-19-6-23(60-20(19)8-49)46-7-17(3)33(50)45-36(46)51/h7,12-16,18-23,26-28,34-35,49H,6,8-11H2,1-5H3,(H,52,53)(H,54,69)(H,55,70)(H2,37,39,41)(H2,38,40,42)(H,45,50,51)/t18-,19-,20-,21-,22-,23-,26+,27-,28-,34-,35-,67?,68?/m1/s1. The van der Waals surface area contributed by atoms with E-state index in [9.17, 15) is 33.3 Å². The van der Waals surface area contributed by atoms with Crippen LogP contribution in [0.5, 0.6) is 0 Å². The Morgan fingerprint density at radius 2 is 1.39 bits per heavy atom. The Labute approximate surface area is 407 Å². The van der Waals surface area contributed by atoms with Crippen LogP contribution < -0.4 is 22.7 Å². The van der Waals surface area contributed by atoms with Crippen molar-refractivity contribution in [3.63, 3.8) is 0 Å². The maximum Gasteiger partial charge on any atom is 0.472 e. The molecule has 14 atom stereocenters. The molecule has 34 heteroatoms. The molecule has 5 aromatic heterocycles. The van der Waals surface area contributed by atoms with E-state index in [0.717, 1.165) is 4.57 Å².